The third kappa shape index (κ3) is 2.07. The van der Waals surface area contributed by atoms with Crippen LogP contribution in [0.2, 0.25) is 0 Å². The molecule has 1 heterocycles. The van der Waals surface area contributed by atoms with Gasteiger partial charge in [-0.1, -0.05) is 5.16 Å². The van der Waals surface area contributed by atoms with Gasteiger partial charge in [0.1, 0.15) is 11.9 Å². The molecule has 2 aromatic rings. The molecule has 1 atom stereocenters. The van der Waals surface area contributed by atoms with E-state index in [2.05, 4.69) is 10.1 Å². The van der Waals surface area contributed by atoms with Crippen molar-refractivity contribution in [3.63, 3.8) is 0 Å². The van der Waals surface area contributed by atoms with E-state index in [0.29, 0.717) is 11.4 Å². The average molecular weight is 223 g/mol. The maximum Gasteiger partial charge on any atom is 0.246 e. The minimum Gasteiger partial charge on any atom is -0.394 e. The summed E-state index contributed by atoms with van der Waals surface area (Å²) in [5.74, 6) is 0.139. The summed E-state index contributed by atoms with van der Waals surface area (Å²) in [4.78, 5) is 4.00. The average Bonchev–Trinajstić information content (AvgIpc) is 2.78. The van der Waals surface area contributed by atoms with Gasteiger partial charge in [-0.05, 0) is 24.3 Å². The highest BCUT2D eigenvalue weighted by Crippen LogP contribution is 2.17. The lowest BCUT2D eigenvalue weighted by Crippen LogP contribution is -2.14. The van der Waals surface area contributed by atoms with Crippen LogP contribution in [0.1, 0.15) is 11.9 Å². The molecule has 0 unspecified atom stereocenters. The first-order valence-corrected chi connectivity index (χ1v) is 4.66. The van der Waals surface area contributed by atoms with Crippen LogP contribution in [-0.4, -0.2) is 21.9 Å². The summed E-state index contributed by atoms with van der Waals surface area (Å²) >= 11 is 0. The van der Waals surface area contributed by atoms with Crippen LogP contribution in [0, 0.1) is 5.82 Å². The third-order valence-corrected chi connectivity index (χ3v) is 2.06. The van der Waals surface area contributed by atoms with Crippen LogP contribution in [0.15, 0.2) is 28.8 Å². The smallest absolute Gasteiger partial charge is 0.246 e. The zero-order valence-electron chi connectivity index (χ0n) is 8.30. The summed E-state index contributed by atoms with van der Waals surface area (Å²) in [5, 5.41) is 12.5. The fourth-order valence-corrected chi connectivity index (χ4v) is 1.18. The van der Waals surface area contributed by atoms with Crippen molar-refractivity contribution in [3.8, 4) is 11.4 Å². The van der Waals surface area contributed by atoms with Crippen LogP contribution in [0.3, 0.4) is 0 Å². The minimum absolute atomic E-state index is 0.154. The molecule has 16 heavy (non-hydrogen) atoms. The van der Waals surface area contributed by atoms with Crippen molar-refractivity contribution in [2.75, 3.05) is 6.61 Å². The zero-order chi connectivity index (χ0) is 11.5. The minimum atomic E-state index is -0.693. The second-order valence-electron chi connectivity index (χ2n) is 3.25. The second-order valence-corrected chi connectivity index (χ2v) is 3.25. The van der Waals surface area contributed by atoms with Gasteiger partial charge in [0, 0.05) is 5.56 Å². The summed E-state index contributed by atoms with van der Waals surface area (Å²) in [5.41, 5.74) is 6.13. The van der Waals surface area contributed by atoms with Crippen molar-refractivity contribution < 1.29 is 14.0 Å². The van der Waals surface area contributed by atoms with E-state index in [1.165, 1.54) is 24.3 Å². The number of aliphatic hydroxyl groups is 1. The van der Waals surface area contributed by atoms with Crippen molar-refractivity contribution in [1.82, 2.24) is 10.1 Å². The Bertz CT molecular complexity index is 469. The maximum absolute atomic E-state index is 12.7. The van der Waals surface area contributed by atoms with Gasteiger partial charge in [0.25, 0.3) is 0 Å². The topological polar surface area (TPSA) is 85.2 Å². The molecule has 0 amide bonds. The molecule has 1 aromatic heterocycles. The standard InChI is InChI=1S/C10H10FN3O2/c11-7-3-1-6(2-4-7)9-13-10(16-14-9)8(12)5-15/h1-4,8,15H,5,12H2/t8-/m0/s1. The first-order valence-electron chi connectivity index (χ1n) is 4.66. The quantitative estimate of drug-likeness (QED) is 0.806. The summed E-state index contributed by atoms with van der Waals surface area (Å²) in [7, 11) is 0. The van der Waals surface area contributed by atoms with E-state index in [1.54, 1.807) is 0 Å². The lowest BCUT2D eigenvalue weighted by Gasteiger charge is -1.98. The maximum atomic E-state index is 12.7. The highest BCUT2D eigenvalue weighted by atomic mass is 19.1. The molecule has 2 rings (SSSR count). The van der Waals surface area contributed by atoms with Crippen molar-refractivity contribution >= 4 is 0 Å². The molecule has 0 spiro atoms. The van der Waals surface area contributed by atoms with Crippen LogP contribution >= 0.6 is 0 Å². The van der Waals surface area contributed by atoms with E-state index < -0.39 is 6.04 Å². The van der Waals surface area contributed by atoms with E-state index in [4.69, 9.17) is 15.4 Å². The fraction of sp³-hybridized carbons (Fsp3) is 0.200. The molecule has 84 valence electrons. The van der Waals surface area contributed by atoms with Crippen molar-refractivity contribution in [1.29, 1.82) is 0 Å². The van der Waals surface area contributed by atoms with Crippen LogP contribution < -0.4 is 5.73 Å². The van der Waals surface area contributed by atoms with E-state index in [9.17, 15) is 4.39 Å². The largest absolute Gasteiger partial charge is 0.394 e. The Morgan fingerprint density at radius 1 is 1.38 bits per heavy atom. The lowest BCUT2D eigenvalue weighted by molar-refractivity contribution is 0.237. The van der Waals surface area contributed by atoms with Crippen LogP contribution in [0.5, 0.6) is 0 Å². The predicted molar refractivity (Wildman–Crippen MR) is 53.7 cm³/mol. The van der Waals surface area contributed by atoms with Crippen molar-refractivity contribution in [2.45, 2.75) is 6.04 Å². The summed E-state index contributed by atoms with van der Waals surface area (Å²) < 4.78 is 17.5. The van der Waals surface area contributed by atoms with Gasteiger partial charge in [-0.2, -0.15) is 4.98 Å². The first kappa shape index (κ1) is 10.7. The van der Waals surface area contributed by atoms with E-state index in [1.807, 2.05) is 0 Å². The molecule has 1 aromatic carbocycles. The number of benzene rings is 1. The monoisotopic (exact) mass is 223 g/mol. The molecule has 6 heteroatoms. The predicted octanol–water partition coefficient (Wildman–Crippen LogP) is 0.868. The molecule has 3 N–H and O–H groups in total. The molecule has 0 saturated carbocycles. The fourth-order valence-electron chi connectivity index (χ4n) is 1.18. The molecule has 0 bridgehead atoms. The van der Waals surface area contributed by atoms with E-state index >= 15 is 0 Å². The number of hydrogen-bond acceptors (Lipinski definition) is 5. The van der Waals surface area contributed by atoms with Gasteiger partial charge in [0.15, 0.2) is 0 Å². The SMILES string of the molecule is N[C@@H](CO)c1nc(-c2ccc(F)cc2)no1. The molecule has 0 fully saturated rings. The summed E-state index contributed by atoms with van der Waals surface area (Å²) in [6, 6.07) is 4.99. The van der Waals surface area contributed by atoms with E-state index in [-0.39, 0.29) is 18.3 Å². The number of nitrogens with two attached hydrogens (primary N) is 1. The summed E-state index contributed by atoms with van der Waals surface area (Å²) in [6.07, 6.45) is 0. The van der Waals surface area contributed by atoms with E-state index in [0.717, 1.165) is 0 Å². The van der Waals surface area contributed by atoms with Crippen molar-refractivity contribution in [3.05, 3.63) is 36.0 Å². The van der Waals surface area contributed by atoms with Gasteiger partial charge in [-0.15, -0.1) is 0 Å². The number of nitrogens with zero attached hydrogens (tertiary/aromatic N) is 2. The molecule has 0 aliphatic heterocycles. The van der Waals surface area contributed by atoms with Gasteiger partial charge in [0.05, 0.1) is 6.61 Å². The van der Waals surface area contributed by atoms with Gasteiger partial charge < -0.3 is 15.4 Å². The molecule has 0 aliphatic carbocycles. The Hall–Kier alpha value is -1.79. The highest BCUT2D eigenvalue weighted by Gasteiger charge is 2.14. The number of hydrogen-bond donors (Lipinski definition) is 2. The number of aromatic nitrogens is 2. The number of rotatable bonds is 3. The molecular formula is C10H10FN3O2. The zero-order valence-corrected chi connectivity index (χ0v) is 8.30. The van der Waals surface area contributed by atoms with Crippen molar-refractivity contribution in [2.24, 2.45) is 5.73 Å². The Morgan fingerprint density at radius 3 is 2.69 bits per heavy atom. The Kier molecular flexibility index (Phi) is 2.93. The van der Waals surface area contributed by atoms with Gasteiger partial charge >= 0.3 is 0 Å². The van der Waals surface area contributed by atoms with Gasteiger partial charge in [-0.25, -0.2) is 4.39 Å². The molecule has 0 saturated heterocycles. The number of halogens is 1. The number of aliphatic hydroxyl groups excluding tert-OH is 1. The summed E-state index contributed by atoms with van der Waals surface area (Å²) in [6.45, 7) is -0.273. The lowest BCUT2D eigenvalue weighted by atomic mass is 10.2. The van der Waals surface area contributed by atoms with Crippen LogP contribution in [0.4, 0.5) is 4.39 Å². The highest BCUT2D eigenvalue weighted by molar-refractivity contribution is 5.53. The first-order chi connectivity index (χ1) is 7.70. The van der Waals surface area contributed by atoms with Crippen LogP contribution in [0.25, 0.3) is 11.4 Å². The van der Waals surface area contributed by atoms with Gasteiger partial charge in [0.2, 0.25) is 11.7 Å². The Morgan fingerprint density at radius 2 is 2.06 bits per heavy atom. The van der Waals surface area contributed by atoms with Crippen LogP contribution in [-0.2, 0) is 0 Å². The third-order valence-electron chi connectivity index (χ3n) is 2.06. The van der Waals surface area contributed by atoms with Gasteiger partial charge in [-0.3, -0.25) is 0 Å². The normalized spacial score (nSPS) is 12.7. The molecular weight excluding hydrogens is 213 g/mol. The molecule has 5 nitrogen and oxygen atoms in total. The second kappa shape index (κ2) is 4.38. The Labute approximate surface area is 90.7 Å². The Balaban J connectivity index is 2.28. The molecule has 0 aliphatic rings. The molecule has 0 radical (unpaired) electrons.